The second kappa shape index (κ2) is 6.22. The largest absolute Gasteiger partial charge is 0.395 e. The van der Waals surface area contributed by atoms with Gasteiger partial charge < -0.3 is 10.5 Å². The van der Waals surface area contributed by atoms with Gasteiger partial charge in [-0.3, -0.25) is 0 Å². The molecule has 0 amide bonds. The number of alkyl halides is 3. The average Bonchev–Trinajstić information content (AvgIpc) is 2.68. The van der Waals surface area contributed by atoms with E-state index >= 15 is 0 Å². The Hall–Kier alpha value is -0.590. The topological polar surface area (TPSA) is 35.2 Å². The molecule has 16 heavy (non-hydrogen) atoms. The van der Waals surface area contributed by atoms with E-state index in [2.05, 4.69) is 0 Å². The molecule has 0 aliphatic rings. The summed E-state index contributed by atoms with van der Waals surface area (Å²) in [4.78, 5) is 1.11. The van der Waals surface area contributed by atoms with Gasteiger partial charge in [0.15, 0.2) is 0 Å². The average molecular weight is 253 g/mol. The molecule has 2 N–H and O–H groups in total. The zero-order valence-electron chi connectivity index (χ0n) is 8.67. The number of hydrogen-bond donors (Lipinski definition) is 1. The maximum atomic E-state index is 12.3. The summed E-state index contributed by atoms with van der Waals surface area (Å²) in [6, 6.07) is 3.83. The monoisotopic (exact) mass is 253 g/mol. The molecule has 1 aromatic rings. The van der Waals surface area contributed by atoms with Gasteiger partial charge in [0.25, 0.3) is 0 Å². The minimum atomic E-state index is -4.27. The van der Waals surface area contributed by atoms with Crippen LogP contribution in [-0.4, -0.2) is 25.9 Å². The predicted molar refractivity (Wildman–Crippen MR) is 57.4 cm³/mol. The van der Waals surface area contributed by atoms with E-state index in [1.807, 2.05) is 17.5 Å². The first-order valence-electron chi connectivity index (χ1n) is 4.91. The van der Waals surface area contributed by atoms with Gasteiger partial charge in [-0.15, -0.1) is 11.3 Å². The zero-order valence-corrected chi connectivity index (χ0v) is 9.48. The SMILES string of the molecule is NCC(COCCc1cccs1)C(F)(F)F. The molecule has 2 nitrogen and oxygen atoms in total. The number of hydrogen-bond acceptors (Lipinski definition) is 3. The third kappa shape index (κ3) is 4.51. The fourth-order valence-electron chi connectivity index (χ4n) is 1.15. The maximum Gasteiger partial charge on any atom is 0.395 e. The van der Waals surface area contributed by atoms with Crippen LogP contribution in [0.15, 0.2) is 17.5 Å². The molecule has 6 heteroatoms. The van der Waals surface area contributed by atoms with Gasteiger partial charge in [-0.25, -0.2) is 0 Å². The van der Waals surface area contributed by atoms with Crippen LogP contribution in [0.25, 0.3) is 0 Å². The van der Waals surface area contributed by atoms with E-state index in [9.17, 15) is 13.2 Å². The summed E-state index contributed by atoms with van der Waals surface area (Å²) in [7, 11) is 0. The van der Waals surface area contributed by atoms with Gasteiger partial charge >= 0.3 is 6.18 Å². The lowest BCUT2D eigenvalue weighted by Crippen LogP contribution is -2.34. The lowest BCUT2D eigenvalue weighted by molar-refractivity contribution is -0.185. The molecule has 1 rings (SSSR count). The van der Waals surface area contributed by atoms with Crippen LogP contribution >= 0.6 is 11.3 Å². The quantitative estimate of drug-likeness (QED) is 0.790. The molecule has 0 aliphatic carbocycles. The highest BCUT2D eigenvalue weighted by Gasteiger charge is 2.38. The molecule has 0 spiro atoms. The lowest BCUT2D eigenvalue weighted by atomic mass is 10.1. The van der Waals surface area contributed by atoms with Crippen LogP contribution in [0.4, 0.5) is 13.2 Å². The summed E-state index contributed by atoms with van der Waals surface area (Å²) < 4.78 is 41.8. The summed E-state index contributed by atoms with van der Waals surface area (Å²) in [5.74, 6) is -1.56. The molecule has 1 heterocycles. The first-order valence-corrected chi connectivity index (χ1v) is 5.79. The fourth-order valence-corrected chi connectivity index (χ4v) is 1.84. The third-order valence-corrected chi connectivity index (χ3v) is 3.08. The molecule has 0 radical (unpaired) electrons. The van der Waals surface area contributed by atoms with Crippen molar-refractivity contribution >= 4 is 11.3 Å². The van der Waals surface area contributed by atoms with Crippen molar-refractivity contribution in [1.29, 1.82) is 0 Å². The Kier molecular flexibility index (Phi) is 5.24. The molecule has 1 atom stereocenters. The summed E-state index contributed by atoms with van der Waals surface area (Å²) in [6.45, 7) is -0.485. The van der Waals surface area contributed by atoms with Gasteiger partial charge in [0, 0.05) is 17.8 Å². The van der Waals surface area contributed by atoms with Crippen LogP contribution in [-0.2, 0) is 11.2 Å². The number of thiophene rings is 1. The highest BCUT2D eigenvalue weighted by atomic mass is 32.1. The van der Waals surface area contributed by atoms with Gasteiger partial charge in [0.2, 0.25) is 0 Å². The number of ether oxygens (including phenoxy) is 1. The molecule has 1 unspecified atom stereocenters. The Morgan fingerprint density at radius 2 is 2.19 bits per heavy atom. The number of rotatable bonds is 6. The van der Waals surface area contributed by atoms with E-state index in [0.717, 1.165) is 4.88 Å². The minimum absolute atomic E-state index is 0.299. The van der Waals surface area contributed by atoms with E-state index in [0.29, 0.717) is 13.0 Å². The Bertz CT molecular complexity index is 287. The summed E-state index contributed by atoms with van der Waals surface area (Å²) in [5, 5.41) is 1.92. The van der Waals surface area contributed by atoms with Crippen molar-refractivity contribution in [3.05, 3.63) is 22.4 Å². The Labute approximate surface area is 96.2 Å². The van der Waals surface area contributed by atoms with Crippen molar-refractivity contribution in [3.8, 4) is 0 Å². The van der Waals surface area contributed by atoms with Crippen molar-refractivity contribution < 1.29 is 17.9 Å². The first kappa shape index (κ1) is 13.5. The van der Waals surface area contributed by atoms with E-state index in [1.54, 1.807) is 11.3 Å². The fraction of sp³-hybridized carbons (Fsp3) is 0.600. The smallest absolute Gasteiger partial charge is 0.380 e. The standard InChI is InChI=1S/C10H14F3NOS/c11-10(12,13)8(6-14)7-15-4-3-9-2-1-5-16-9/h1-2,5,8H,3-4,6-7,14H2. The third-order valence-electron chi connectivity index (χ3n) is 2.14. The van der Waals surface area contributed by atoms with Gasteiger partial charge in [0.05, 0.1) is 19.1 Å². The predicted octanol–water partition coefficient (Wildman–Crippen LogP) is 2.44. The van der Waals surface area contributed by atoms with Crippen LogP contribution in [0.5, 0.6) is 0 Å². The highest BCUT2D eigenvalue weighted by molar-refractivity contribution is 7.09. The van der Waals surface area contributed by atoms with E-state index in [4.69, 9.17) is 10.5 Å². The van der Waals surface area contributed by atoms with Gasteiger partial charge in [0.1, 0.15) is 0 Å². The van der Waals surface area contributed by atoms with Crippen molar-refractivity contribution in [2.24, 2.45) is 11.7 Å². The first-order chi connectivity index (χ1) is 7.54. The molecule has 0 saturated carbocycles. The zero-order chi connectivity index (χ0) is 12.0. The number of halogens is 3. The molecule has 0 aliphatic heterocycles. The normalized spacial score (nSPS) is 14.0. The molecule has 1 aromatic heterocycles. The van der Waals surface area contributed by atoms with Crippen LogP contribution in [0.3, 0.4) is 0 Å². The molecule has 0 fully saturated rings. The summed E-state index contributed by atoms with van der Waals surface area (Å²) >= 11 is 1.57. The highest BCUT2D eigenvalue weighted by Crippen LogP contribution is 2.25. The van der Waals surface area contributed by atoms with E-state index in [-0.39, 0.29) is 6.61 Å². The van der Waals surface area contributed by atoms with Crippen molar-refractivity contribution in [2.45, 2.75) is 12.6 Å². The Morgan fingerprint density at radius 3 is 2.69 bits per heavy atom. The maximum absolute atomic E-state index is 12.3. The second-order valence-corrected chi connectivity index (χ2v) is 4.41. The van der Waals surface area contributed by atoms with Gasteiger partial charge in [-0.1, -0.05) is 6.07 Å². The molecular weight excluding hydrogens is 239 g/mol. The van der Waals surface area contributed by atoms with Crippen LogP contribution in [0, 0.1) is 5.92 Å². The Balaban J connectivity index is 2.19. The van der Waals surface area contributed by atoms with Crippen LogP contribution < -0.4 is 5.73 Å². The van der Waals surface area contributed by atoms with Crippen LogP contribution in [0.2, 0.25) is 0 Å². The summed E-state index contributed by atoms with van der Waals surface area (Å²) in [5.41, 5.74) is 5.04. The number of nitrogens with two attached hydrogens (primary N) is 1. The van der Waals surface area contributed by atoms with E-state index < -0.39 is 18.6 Å². The molecule has 0 saturated heterocycles. The molecular formula is C10H14F3NOS. The van der Waals surface area contributed by atoms with Crippen molar-refractivity contribution in [1.82, 2.24) is 0 Å². The molecule has 92 valence electrons. The van der Waals surface area contributed by atoms with Crippen LogP contribution in [0.1, 0.15) is 4.88 Å². The minimum Gasteiger partial charge on any atom is -0.380 e. The van der Waals surface area contributed by atoms with Crippen molar-refractivity contribution in [3.63, 3.8) is 0 Å². The second-order valence-electron chi connectivity index (χ2n) is 3.38. The molecule has 0 aromatic carbocycles. The van der Waals surface area contributed by atoms with Gasteiger partial charge in [-0.2, -0.15) is 13.2 Å². The lowest BCUT2D eigenvalue weighted by Gasteiger charge is -2.18. The van der Waals surface area contributed by atoms with E-state index in [1.165, 1.54) is 0 Å². The molecule has 0 bridgehead atoms. The summed E-state index contributed by atoms with van der Waals surface area (Å²) in [6.07, 6.45) is -3.62. The Morgan fingerprint density at radius 1 is 1.44 bits per heavy atom. The van der Waals surface area contributed by atoms with Gasteiger partial charge in [-0.05, 0) is 11.4 Å². The van der Waals surface area contributed by atoms with Crippen molar-refractivity contribution in [2.75, 3.05) is 19.8 Å².